The molecule has 0 fully saturated rings. The van der Waals surface area contributed by atoms with Gasteiger partial charge in [-0.3, -0.25) is 0 Å². The Morgan fingerprint density at radius 1 is 0.433 bits per heavy atom. The molecule has 0 heterocycles. The number of halogens is 1. The van der Waals surface area contributed by atoms with Gasteiger partial charge in [0.05, 0.1) is 0 Å². The second-order valence-corrected chi connectivity index (χ2v) is 8.10. The summed E-state index contributed by atoms with van der Waals surface area (Å²) in [4.78, 5) is 0. The molecule has 0 nitrogen and oxygen atoms in total. The lowest BCUT2D eigenvalue weighted by Crippen LogP contribution is -1.86. The van der Waals surface area contributed by atoms with Gasteiger partial charge in [0.1, 0.15) is 5.82 Å². The van der Waals surface area contributed by atoms with Crippen molar-refractivity contribution in [2.75, 3.05) is 0 Å². The molecular weight excluding hydrogens is 367 g/mol. The lowest BCUT2D eigenvalue weighted by molar-refractivity contribution is 0.631. The first-order valence-electron chi connectivity index (χ1n) is 10.3. The summed E-state index contributed by atoms with van der Waals surface area (Å²) in [6.07, 6.45) is 0. The fourth-order valence-corrected chi connectivity index (χ4v) is 3.71. The molecule has 0 atom stereocenters. The second-order valence-electron chi connectivity index (χ2n) is 8.10. The maximum absolute atomic E-state index is 13.5. The molecule has 0 bridgehead atoms. The fourth-order valence-electron chi connectivity index (χ4n) is 3.71. The van der Waals surface area contributed by atoms with E-state index in [2.05, 4.69) is 69.3 Å². The summed E-state index contributed by atoms with van der Waals surface area (Å²) < 4.78 is 13.5. The van der Waals surface area contributed by atoms with Crippen molar-refractivity contribution < 1.29 is 4.39 Å². The smallest absolute Gasteiger partial charge is 0.131 e. The Morgan fingerprint density at radius 2 is 0.900 bits per heavy atom. The maximum Gasteiger partial charge on any atom is 0.131 e. The molecule has 152 valence electrons. The Bertz CT molecular complexity index is 1100. The Kier molecular flexibility index (Phi) is 6.84. The van der Waals surface area contributed by atoms with Crippen LogP contribution in [0.15, 0.2) is 84.9 Å². The third kappa shape index (κ3) is 5.67. The van der Waals surface area contributed by atoms with E-state index in [4.69, 9.17) is 0 Å². The summed E-state index contributed by atoms with van der Waals surface area (Å²) in [5.74, 6) is -0.164. The van der Waals surface area contributed by atoms with Crippen LogP contribution in [0.3, 0.4) is 0 Å². The summed E-state index contributed by atoms with van der Waals surface area (Å²) in [6, 6.07) is 28.3. The second kappa shape index (κ2) is 9.54. The standard InChI is InChI=1S/C15H16.C14H13F/c1-11-4-6-14(7-5-11)15-9-12(2)8-13(3)10-15;1-10-7-11(2)9-12(8-10)13-5-3-4-6-14(13)15/h4-10H,1-3H3;3-9H,1-2H3. The monoisotopic (exact) mass is 396 g/mol. The highest BCUT2D eigenvalue weighted by molar-refractivity contribution is 5.66. The van der Waals surface area contributed by atoms with Crippen LogP contribution in [0.1, 0.15) is 27.8 Å². The molecule has 0 aromatic heterocycles. The number of hydrogen-bond donors (Lipinski definition) is 0. The molecule has 4 aromatic rings. The number of benzene rings is 4. The van der Waals surface area contributed by atoms with Crippen molar-refractivity contribution in [3.05, 3.63) is 119 Å². The molecule has 4 rings (SSSR count). The molecule has 30 heavy (non-hydrogen) atoms. The van der Waals surface area contributed by atoms with Crippen LogP contribution < -0.4 is 0 Å². The molecule has 4 aromatic carbocycles. The maximum atomic E-state index is 13.5. The average molecular weight is 397 g/mol. The summed E-state index contributed by atoms with van der Waals surface area (Å²) in [7, 11) is 0. The Hall–Kier alpha value is -3.19. The average Bonchev–Trinajstić information content (AvgIpc) is 2.68. The van der Waals surface area contributed by atoms with E-state index in [-0.39, 0.29) is 5.82 Å². The predicted octanol–water partition coefficient (Wildman–Crippen LogP) is 8.39. The first-order valence-corrected chi connectivity index (χ1v) is 10.3. The highest BCUT2D eigenvalue weighted by Gasteiger charge is 2.04. The summed E-state index contributed by atoms with van der Waals surface area (Å²) >= 11 is 0. The Labute approximate surface area is 180 Å². The predicted molar refractivity (Wildman–Crippen MR) is 127 cm³/mol. The van der Waals surface area contributed by atoms with Crippen LogP contribution >= 0.6 is 0 Å². The molecule has 0 spiro atoms. The molecule has 0 radical (unpaired) electrons. The van der Waals surface area contributed by atoms with Gasteiger partial charge in [-0.15, -0.1) is 0 Å². The zero-order chi connectivity index (χ0) is 21.7. The quantitative estimate of drug-likeness (QED) is 0.319. The van der Waals surface area contributed by atoms with Gasteiger partial charge >= 0.3 is 0 Å². The molecule has 0 saturated heterocycles. The largest absolute Gasteiger partial charge is 0.206 e. The minimum absolute atomic E-state index is 0.164. The van der Waals surface area contributed by atoms with Crippen molar-refractivity contribution in [2.24, 2.45) is 0 Å². The van der Waals surface area contributed by atoms with E-state index in [1.54, 1.807) is 6.07 Å². The van der Waals surface area contributed by atoms with Gasteiger partial charge in [-0.1, -0.05) is 107 Å². The van der Waals surface area contributed by atoms with E-state index in [1.165, 1.54) is 33.9 Å². The molecule has 0 aliphatic heterocycles. The molecule has 0 saturated carbocycles. The zero-order valence-electron chi connectivity index (χ0n) is 18.5. The SMILES string of the molecule is Cc1cc(C)cc(-c2ccccc2F)c1.Cc1ccc(-c2cc(C)cc(C)c2)cc1. The Morgan fingerprint density at radius 3 is 1.40 bits per heavy atom. The van der Waals surface area contributed by atoms with E-state index in [1.807, 2.05) is 38.1 Å². The van der Waals surface area contributed by atoms with Crippen molar-refractivity contribution in [1.82, 2.24) is 0 Å². The molecule has 0 N–H and O–H groups in total. The molecule has 1 heteroatoms. The van der Waals surface area contributed by atoms with Crippen LogP contribution in [0.4, 0.5) is 4.39 Å². The highest BCUT2D eigenvalue weighted by Crippen LogP contribution is 2.25. The van der Waals surface area contributed by atoms with Gasteiger partial charge in [-0.05, 0) is 57.4 Å². The van der Waals surface area contributed by atoms with Gasteiger partial charge in [0.15, 0.2) is 0 Å². The van der Waals surface area contributed by atoms with Crippen LogP contribution in [-0.4, -0.2) is 0 Å². The third-order valence-electron chi connectivity index (χ3n) is 5.01. The Balaban J connectivity index is 0.000000171. The van der Waals surface area contributed by atoms with Crippen LogP contribution in [0.25, 0.3) is 22.3 Å². The van der Waals surface area contributed by atoms with Gasteiger partial charge in [-0.2, -0.15) is 0 Å². The van der Waals surface area contributed by atoms with Crippen LogP contribution in [-0.2, 0) is 0 Å². The lowest BCUT2D eigenvalue weighted by atomic mass is 10.00. The minimum atomic E-state index is -0.164. The van der Waals surface area contributed by atoms with E-state index in [0.29, 0.717) is 5.56 Å². The number of hydrogen-bond acceptors (Lipinski definition) is 0. The first kappa shape index (κ1) is 21.5. The third-order valence-corrected chi connectivity index (χ3v) is 5.01. The fraction of sp³-hybridized carbons (Fsp3) is 0.172. The number of rotatable bonds is 2. The van der Waals surface area contributed by atoms with Crippen LogP contribution in [0.5, 0.6) is 0 Å². The molecule has 0 aliphatic rings. The molecule has 0 amide bonds. The van der Waals surface area contributed by atoms with Gasteiger partial charge in [-0.25, -0.2) is 4.39 Å². The van der Waals surface area contributed by atoms with Crippen molar-refractivity contribution >= 4 is 0 Å². The van der Waals surface area contributed by atoms with Gasteiger partial charge < -0.3 is 0 Å². The van der Waals surface area contributed by atoms with Crippen molar-refractivity contribution in [1.29, 1.82) is 0 Å². The molecular formula is C29H29F. The highest BCUT2D eigenvalue weighted by atomic mass is 19.1. The van der Waals surface area contributed by atoms with Crippen LogP contribution in [0.2, 0.25) is 0 Å². The lowest BCUT2D eigenvalue weighted by Gasteiger charge is -2.06. The van der Waals surface area contributed by atoms with Crippen molar-refractivity contribution in [2.45, 2.75) is 34.6 Å². The van der Waals surface area contributed by atoms with E-state index in [9.17, 15) is 4.39 Å². The van der Waals surface area contributed by atoms with Crippen molar-refractivity contribution in [3.63, 3.8) is 0 Å². The minimum Gasteiger partial charge on any atom is -0.206 e. The van der Waals surface area contributed by atoms with Crippen molar-refractivity contribution in [3.8, 4) is 22.3 Å². The van der Waals surface area contributed by atoms with E-state index < -0.39 is 0 Å². The normalized spacial score (nSPS) is 10.3. The number of aryl methyl sites for hydroxylation is 5. The topological polar surface area (TPSA) is 0 Å². The summed E-state index contributed by atoms with van der Waals surface area (Å²) in [5, 5.41) is 0. The first-order chi connectivity index (χ1) is 14.3. The van der Waals surface area contributed by atoms with Gasteiger partial charge in [0.2, 0.25) is 0 Å². The van der Waals surface area contributed by atoms with E-state index >= 15 is 0 Å². The van der Waals surface area contributed by atoms with Gasteiger partial charge in [0, 0.05) is 5.56 Å². The van der Waals surface area contributed by atoms with Gasteiger partial charge in [0.25, 0.3) is 0 Å². The van der Waals surface area contributed by atoms with Crippen LogP contribution in [0, 0.1) is 40.4 Å². The zero-order valence-corrected chi connectivity index (χ0v) is 18.5. The molecule has 0 aliphatic carbocycles. The molecule has 0 unspecified atom stereocenters. The summed E-state index contributed by atoms with van der Waals surface area (Å²) in [5.41, 5.74) is 10.5. The summed E-state index contributed by atoms with van der Waals surface area (Å²) in [6.45, 7) is 10.5. The van der Waals surface area contributed by atoms with E-state index in [0.717, 1.165) is 16.7 Å².